The van der Waals surface area contributed by atoms with Gasteiger partial charge in [-0.25, -0.2) is 0 Å². The first-order valence-electron chi connectivity index (χ1n) is 5.78. The first-order chi connectivity index (χ1) is 9.04. The summed E-state index contributed by atoms with van der Waals surface area (Å²) >= 11 is 6.79. The van der Waals surface area contributed by atoms with E-state index in [2.05, 4.69) is 16.5 Å². The molecular formula is C13H16N4S2. The van der Waals surface area contributed by atoms with Crippen LogP contribution in [0, 0.1) is 6.92 Å². The molecule has 0 radical (unpaired) electrons. The molecule has 0 amide bonds. The molecule has 1 aromatic carbocycles. The molecule has 0 atom stereocenters. The van der Waals surface area contributed by atoms with Crippen molar-refractivity contribution in [3.8, 4) is 0 Å². The van der Waals surface area contributed by atoms with Crippen LogP contribution in [0.25, 0.3) is 0 Å². The topological polar surface area (TPSA) is 55.9 Å². The van der Waals surface area contributed by atoms with Gasteiger partial charge in [-0.15, -0.1) is 11.8 Å². The minimum Gasteiger partial charge on any atom is -0.389 e. The van der Waals surface area contributed by atoms with Crippen LogP contribution >= 0.6 is 24.0 Å². The van der Waals surface area contributed by atoms with Gasteiger partial charge in [-0.2, -0.15) is 5.10 Å². The highest BCUT2D eigenvalue weighted by molar-refractivity contribution is 7.98. The molecule has 1 heterocycles. The van der Waals surface area contributed by atoms with Gasteiger partial charge in [0.2, 0.25) is 0 Å². The van der Waals surface area contributed by atoms with Crippen LogP contribution in [-0.2, 0) is 7.05 Å². The summed E-state index contributed by atoms with van der Waals surface area (Å²) in [5, 5.41) is 7.74. The third-order valence-corrected chi connectivity index (χ3v) is 3.83. The van der Waals surface area contributed by atoms with Crippen molar-refractivity contribution in [2.24, 2.45) is 12.8 Å². The van der Waals surface area contributed by atoms with E-state index in [4.69, 9.17) is 18.0 Å². The zero-order valence-corrected chi connectivity index (χ0v) is 12.7. The number of para-hydroxylation sites is 1. The van der Waals surface area contributed by atoms with Crippen molar-refractivity contribution in [1.82, 2.24) is 9.78 Å². The van der Waals surface area contributed by atoms with Gasteiger partial charge in [0.1, 0.15) is 10.8 Å². The molecule has 4 nitrogen and oxygen atoms in total. The van der Waals surface area contributed by atoms with Crippen LogP contribution in [0.4, 0.5) is 11.5 Å². The van der Waals surface area contributed by atoms with Crippen molar-refractivity contribution in [2.45, 2.75) is 11.8 Å². The monoisotopic (exact) mass is 292 g/mol. The number of nitrogens with two attached hydrogens (primary N) is 1. The quantitative estimate of drug-likeness (QED) is 0.670. The first kappa shape index (κ1) is 13.9. The summed E-state index contributed by atoms with van der Waals surface area (Å²) in [6.45, 7) is 1.90. The fourth-order valence-electron chi connectivity index (χ4n) is 1.97. The fourth-order valence-corrected chi connectivity index (χ4v) is 2.77. The van der Waals surface area contributed by atoms with Crippen LogP contribution in [0.1, 0.15) is 11.3 Å². The molecule has 0 spiro atoms. The molecule has 0 aliphatic carbocycles. The molecule has 100 valence electrons. The van der Waals surface area contributed by atoms with Crippen LogP contribution in [0.3, 0.4) is 0 Å². The Morgan fingerprint density at radius 1 is 1.42 bits per heavy atom. The van der Waals surface area contributed by atoms with Gasteiger partial charge in [-0.1, -0.05) is 24.4 Å². The highest BCUT2D eigenvalue weighted by atomic mass is 32.2. The molecule has 2 rings (SSSR count). The predicted octanol–water partition coefficient (Wildman–Crippen LogP) is 2.83. The second kappa shape index (κ2) is 5.63. The number of thioether (sulfide) groups is 1. The molecule has 0 saturated carbocycles. The van der Waals surface area contributed by atoms with Crippen molar-refractivity contribution in [2.75, 3.05) is 11.6 Å². The third-order valence-electron chi connectivity index (χ3n) is 2.83. The van der Waals surface area contributed by atoms with E-state index in [-0.39, 0.29) is 0 Å². The number of hydrogen-bond acceptors (Lipinski definition) is 4. The van der Waals surface area contributed by atoms with E-state index in [0.29, 0.717) is 4.99 Å². The Balaban J connectivity index is 2.46. The molecule has 3 N–H and O–H groups in total. The molecule has 19 heavy (non-hydrogen) atoms. The maximum Gasteiger partial charge on any atom is 0.138 e. The van der Waals surface area contributed by atoms with Gasteiger partial charge in [-0.05, 0) is 25.3 Å². The van der Waals surface area contributed by atoms with E-state index >= 15 is 0 Å². The van der Waals surface area contributed by atoms with Crippen molar-refractivity contribution < 1.29 is 0 Å². The minimum atomic E-state index is 0.356. The second-order valence-corrected chi connectivity index (χ2v) is 5.41. The summed E-state index contributed by atoms with van der Waals surface area (Å²) in [4.78, 5) is 1.52. The van der Waals surface area contributed by atoms with Crippen molar-refractivity contribution in [3.05, 3.63) is 35.5 Å². The fraction of sp³-hybridized carbons (Fsp3) is 0.231. The summed E-state index contributed by atoms with van der Waals surface area (Å²) in [6, 6.07) is 8.10. The summed E-state index contributed by atoms with van der Waals surface area (Å²) < 4.78 is 1.76. The Kier molecular flexibility index (Phi) is 4.11. The number of aryl methyl sites for hydroxylation is 2. The number of thiocarbonyl (C=S) groups is 1. The third kappa shape index (κ3) is 2.74. The van der Waals surface area contributed by atoms with Crippen molar-refractivity contribution >= 4 is 40.5 Å². The molecule has 0 fully saturated rings. The van der Waals surface area contributed by atoms with E-state index in [1.165, 1.54) is 0 Å². The highest BCUT2D eigenvalue weighted by Gasteiger charge is 2.16. The second-order valence-electron chi connectivity index (χ2n) is 4.12. The Hall–Kier alpha value is -1.53. The molecule has 2 aromatic rings. The summed E-state index contributed by atoms with van der Waals surface area (Å²) in [6.07, 6.45) is 2.05. The van der Waals surface area contributed by atoms with Gasteiger partial charge < -0.3 is 11.1 Å². The number of nitrogens with one attached hydrogen (secondary N) is 1. The van der Waals surface area contributed by atoms with Crippen LogP contribution in [0.2, 0.25) is 0 Å². The first-order valence-corrected chi connectivity index (χ1v) is 7.41. The zero-order chi connectivity index (χ0) is 14.0. The number of aromatic nitrogens is 2. The van der Waals surface area contributed by atoms with Crippen LogP contribution in [0.15, 0.2) is 29.2 Å². The van der Waals surface area contributed by atoms with Crippen LogP contribution < -0.4 is 11.1 Å². The number of nitrogens with zero attached hydrogens (tertiary/aromatic N) is 2. The lowest BCUT2D eigenvalue weighted by Crippen LogP contribution is -2.13. The highest BCUT2D eigenvalue weighted by Crippen LogP contribution is 2.29. The van der Waals surface area contributed by atoms with E-state index in [1.54, 1.807) is 16.4 Å². The van der Waals surface area contributed by atoms with Gasteiger partial charge in [0.05, 0.1) is 16.9 Å². The average Bonchev–Trinajstić information content (AvgIpc) is 2.65. The Morgan fingerprint density at radius 3 is 2.74 bits per heavy atom. The Bertz CT molecular complexity index is 619. The average molecular weight is 292 g/mol. The maximum absolute atomic E-state index is 5.79. The number of benzene rings is 1. The SMILES string of the molecule is CSc1ccccc1Nc1c(C(N)=S)c(C)nn1C. The van der Waals surface area contributed by atoms with E-state index in [9.17, 15) is 0 Å². The lowest BCUT2D eigenvalue weighted by atomic mass is 10.2. The van der Waals surface area contributed by atoms with Crippen LogP contribution in [-0.4, -0.2) is 21.0 Å². The number of anilines is 2. The largest absolute Gasteiger partial charge is 0.389 e. The molecular weight excluding hydrogens is 276 g/mol. The number of rotatable bonds is 4. The molecule has 6 heteroatoms. The van der Waals surface area contributed by atoms with Gasteiger partial charge >= 0.3 is 0 Å². The summed E-state index contributed by atoms with van der Waals surface area (Å²) in [5.74, 6) is 0.825. The normalized spacial score (nSPS) is 10.5. The van der Waals surface area contributed by atoms with Gasteiger partial charge in [-0.3, -0.25) is 4.68 Å². The Morgan fingerprint density at radius 2 is 2.11 bits per heavy atom. The molecule has 0 aliphatic heterocycles. The Labute approximate surface area is 122 Å². The lowest BCUT2D eigenvalue weighted by molar-refractivity contribution is 0.764. The zero-order valence-electron chi connectivity index (χ0n) is 11.1. The molecule has 0 bridgehead atoms. The van der Waals surface area contributed by atoms with Gasteiger partial charge in [0.15, 0.2) is 0 Å². The van der Waals surface area contributed by atoms with E-state index in [0.717, 1.165) is 27.7 Å². The van der Waals surface area contributed by atoms with Crippen molar-refractivity contribution in [3.63, 3.8) is 0 Å². The van der Waals surface area contributed by atoms with Gasteiger partial charge in [0.25, 0.3) is 0 Å². The lowest BCUT2D eigenvalue weighted by Gasteiger charge is -2.12. The van der Waals surface area contributed by atoms with Crippen LogP contribution in [0.5, 0.6) is 0 Å². The summed E-state index contributed by atoms with van der Waals surface area (Å²) in [5.41, 5.74) is 8.44. The molecule has 0 saturated heterocycles. The predicted molar refractivity (Wildman–Crippen MR) is 85.3 cm³/mol. The summed E-state index contributed by atoms with van der Waals surface area (Å²) in [7, 11) is 1.87. The van der Waals surface area contributed by atoms with Crippen molar-refractivity contribution in [1.29, 1.82) is 0 Å². The van der Waals surface area contributed by atoms with E-state index < -0.39 is 0 Å². The number of hydrogen-bond donors (Lipinski definition) is 2. The molecule has 1 aromatic heterocycles. The maximum atomic E-state index is 5.79. The smallest absolute Gasteiger partial charge is 0.138 e. The molecule has 0 unspecified atom stereocenters. The van der Waals surface area contributed by atoms with Gasteiger partial charge in [0, 0.05) is 11.9 Å². The molecule has 0 aliphatic rings. The minimum absolute atomic E-state index is 0.356. The standard InChI is InChI=1S/C13H16N4S2/c1-8-11(12(14)18)13(17(2)16-8)15-9-6-4-5-7-10(9)19-3/h4-7,15H,1-3H3,(H2,14,18). The van der Waals surface area contributed by atoms with E-state index in [1.807, 2.05) is 38.4 Å².